The average molecular weight is 708 g/mol. The molecular weight excluding hydrogens is 672 g/mol. The number of aryl methyl sites for hydroxylation is 3. The maximum absolute atomic E-state index is 13.4. The van der Waals surface area contributed by atoms with E-state index in [1.165, 1.54) is 19.2 Å². The van der Waals surface area contributed by atoms with Crippen molar-refractivity contribution in [2.24, 2.45) is 17.9 Å². The normalized spacial score (nSPS) is 19.6. The molecule has 4 heterocycles. The maximum Gasteiger partial charge on any atom is 0.418 e. The molecule has 5 rings (SSSR count). The van der Waals surface area contributed by atoms with Gasteiger partial charge in [-0.25, -0.2) is 9.78 Å². The van der Waals surface area contributed by atoms with E-state index >= 15 is 0 Å². The summed E-state index contributed by atoms with van der Waals surface area (Å²) in [5, 5.41) is 18.1. The number of thiazole rings is 1. The van der Waals surface area contributed by atoms with Crippen LogP contribution in [0.1, 0.15) is 37.9 Å². The van der Waals surface area contributed by atoms with Gasteiger partial charge in [-0.3, -0.25) is 14.1 Å². The number of ether oxygens (including phenoxy) is 1. The van der Waals surface area contributed by atoms with Crippen LogP contribution in [0, 0.1) is 0 Å². The molecule has 0 spiro atoms. The highest BCUT2D eigenvalue weighted by Crippen LogP contribution is 2.34. The second-order valence-corrected chi connectivity index (χ2v) is 13.6. The number of fused-ring (bicyclic) bond motifs is 1. The van der Waals surface area contributed by atoms with E-state index in [-0.39, 0.29) is 17.2 Å². The zero-order valence-electron chi connectivity index (χ0n) is 26.1. The highest BCUT2D eigenvalue weighted by molar-refractivity contribution is 7.80. The SMILES string of the molecule is C[n+]1cc(-c2ccc3c(c2)CC[C@@H]([C@@H](O/N=C(\C(=O)N[C@@H]2C(=O)N(OS(=O)(=O)O)C2(C)C)c2csc(N)n2)C(=O)O)O3)cn1CCCN. The molecule has 2 aliphatic rings. The molecule has 0 unspecified atom stereocenters. The molecule has 1 saturated heterocycles. The predicted molar refractivity (Wildman–Crippen MR) is 169 cm³/mol. The number of nitrogen functional groups attached to an aromatic ring is 1. The summed E-state index contributed by atoms with van der Waals surface area (Å²) in [6.07, 6.45) is 2.98. The largest absolute Gasteiger partial charge is 0.485 e. The van der Waals surface area contributed by atoms with E-state index in [0.717, 1.165) is 41.0 Å². The molecule has 18 nitrogen and oxygen atoms in total. The molecule has 1 fully saturated rings. The number of aliphatic carboxylic acids is 1. The number of nitrogens with zero attached hydrogens (tertiary/aromatic N) is 5. The fourth-order valence-electron chi connectivity index (χ4n) is 5.39. The highest BCUT2D eigenvalue weighted by Gasteiger charge is 2.58. The first-order valence-corrected chi connectivity index (χ1v) is 16.9. The van der Waals surface area contributed by atoms with Crippen molar-refractivity contribution < 1.29 is 51.0 Å². The van der Waals surface area contributed by atoms with E-state index in [1.54, 1.807) is 6.07 Å². The van der Waals surface area contributed by atoms with Crippen molar-refractivity contribution in [1.29, 1.82) is 0 Å². The Morgan fingerprint density at radius 3 is 2.71 bits per heavy atom. The standard InChI is InChI=1S/C28H34N8O10S2/c1-28(2)23(25(38)36(28)46-48(41,42)43)32-24(37)21(18-14-47-27(30)31-18)33-45-22(26(39)40)20-8-6-16-11-15(5-7-19(16)44-20)17-12-34(3)35(13-17)10-4-9-29/h5,7,11-14,20,22-23H,4,6,8-10,29H2,1-3H3,(H4-,30,31,32,37,39,40,41,42,43)/p+1/b33-21-/t20-,22+,23+/m0/s1. The van der Waals surface area contributed by atoms with Crippen LogP contribution in [0.25, 0.3) is 11.1 Å². The number of hydrogen-bond acceptors (Lipinski definition) is 13. The highest BCUT2D eigenvalue weighted by atomic mass is 32.3. The molecule has 0 bridgehead atoms. The average Bonchev–Trinajstić information content (AvgIpc) is 3.63. The zero-order chi connectivity index (χ0) is 35.0. The van der Waals surface area contributed by atoms with Crippen LogP contribution in [-0.4, -0.2) is 86.6 Å². The summed E-state index contributed by atoms with van der Waals surface area (Å²) in [6.45, 7) is 4.11. The summed E-state index contributed by atoms with van der Waals surface area (Å²) in [7, 11) is -3.07. The summed E-state index contributed by atoms with van der Waals surface area (Å²) in [5.41, 5.74) is 12.2. The van der Waals surface area contributed by atoms with Gasteiger partial charge in [0.15, 0.2) is 17.9 Å². The molecule has 0 radical (unpaired) electrons. The number of aromatic nitrogens is 3. The number of hydroxylamine groups is 2. The number of anilines is 1. The Labute approximate surface area is 278 Å². The van der Waals surface area contributed by atoms with Gasteiger partial charge >= 0.3 is 16.4 Å². The summed E-state index contributed by atoms with van der Waals surface area (Å²) >= 11 is 0.974. The predicted octanol–water partition coefficient (Wildman–Crippen LogP) is -0.225. The smallest absolute Gasteiger partial charge is 0.418 e. The molecule has 2 aromatic heterocycles. The van der Waals surface area contributed by atoms with Crippen molar-refractivity contribution in [3.05, 3.63) is 47.2 Å². The van der Waals surface area contributed by atoms with Crippen molar-refractivity contribution in [1.82, 2.24) is 20.0 Å². The number of amides is 2. The van der Waals surface area contributed by atoms with Crippen molar-refractivity contribution in [2.45, 2.75) is 63.4 Å². The lowest BCUT2D eigenvalue weighted by Gasteiger charge is -2.50. The van der Waals surface area contributed by atoms with Crippen LogP contribution in [0.15, 0.2) is 41.1 Å². The lowest BCUT2D eigenvalue weighted by atomic mass is 9.84. The van der Waals surface area contributed by atoms with E-state index in [2.05, 4.69) is 24.4 Å². The third-order valence-electron chi connectivity index (χ3n) is 7.92. The number of β-lactam (4-membered cyclic amide) rings is 1. The topological polar surface area (TPSA) is 255 Å². The van der Waals surface area contributed by atoms with Gasteiger partial charge in [0.25, 0.3) is 17.9 Å². The van der Waals surface area contributed by atoms with Gasteiger partial charge in [0.1, 0.15) is 23.6 Å². The summed E-state index contributed by atoms with van der Waals surface area (Å²) in [5.74, 6) is -2.91. The molecular formula is C28H35N8O10S2+. The second-order valence-electron chi connectivity index (χ2n) is 11.7. The molecule has 0 aliphatic carbocycles. The maximum atomic E-state index is 13.4. The number of hydrogen-bond donors (Lipinski definition) is 5. The van der Waals surface area contributed by atoms with E-state index in [9.17, 15) is 27.9 Å². The molecule has 258 valence electrons. The summed E-state index contributed by atoms with van der Waals surface area (Å²) in [4.78, 5) is 47.7. The van der Waals surface area contributed by atoms with Gasteiger partial charge in [0, 0.05) is 5.38 Å². The van der Waals surface area contributed by atoms with Crippen LogP contribution in [-0.2, 0) is 53.9 Å². The Morgan fingerprint density at radius 1 is 1.33 bits per heavy atom. The van der Waals surface area contributed by atoms with Crippen molar-refractivity contribution in [3.8, 4) is 16.9 Å². The molecule has 48 heavy (non-hydrogen) atoms. The van der Waals surface area contributed by atoms with Crippen LogP contribution in [0.3, 0.4) is 0 Å². The minimum Gasteiger partial charge on any atom is -0.485 e. The number of rotatable bonds is 13. The van der Waals surface area contributed by atoms with Gasteiger partial charge in [-0.05, 0) is 62.9 Å². The monoisotopic (exact) mass is 707 g/mol. The minimum atomic E-state index is -5.02. The first kappa shape index (κ1) is 34.7. The fraction of sp³-hybridized carbons (Fsp3) is 0.429. The third kappa shape index (κ3) is 7.26. The third-order valence-corrected chi connectivity index (χ3v) is 8.93. The van der Waals surface area contributed by atoms with E-state index < -0.39 is 57.7 Å². The van der Waals surface area contributed by atoms with Crippen molar-refractivity contribution >= 4 is 50.4 Å². The Morgan fingerprint density at radius 2 is 2.08 bits per heavy atom. The van der Waals surface area contributed by atoms with Crippen LogP contribution >= 0.6 is 11.3 Å². The number of nitrogens with one attached hydrogen (secondary N) is 1. The number of carboxylic acids is 1. The van der Waals surface area contributed by atoms with Crippen molar-refractivity contribution in [2.75, 3.05) is 12.3 Å². The molecule has 3 atom stereocenters. The van der Waals surface area contributed by atoms with Crippen LogP contribution in [0.2, 0.25) is 0 Å². The Kier molecular flexibility index (Phi) is 9.74. The van der Waals surface area contributed by atoms with E-state index in [0.29, 0.717) is 23.8 Å². The van der Waals surface area contributed by atoms with Gasteiger partial charge in [0.2, 0.25) is 6.20 Å². The molecule has 2 aliphatic heterocycles. The molecule has 7 N–H and O–H groups in total. The number of carboxylic acid groups (broad SMARTS) is 1. The number of oxime groups is 1. The number of benzene rings is 1. The zero-order valence-corrected chi connectivity index (χ0v) is 27.7. The fourth-order valence-corrected chi connectivity index (χ4v) is 6.39. The number of carbonyl (C=O) groups excluding carboxylic acids is 2. The molecule has 2 amide bonds. The van der Waals surface area contributed by atoms with Gasteiger partial charge < -0.3 is 31.5 Å². The lowest BCUT2D eigenvalue weighted by molar-refractivity contribution is -0.753. The molecule has 0 saturated carbocycles. The van der Waals surface area contributed by atoms with Crippen LogP contribution < -0.4 is 26.2 Å². The molecule has 3 aromatic rings. The van der Waals surface area contributed by atoms with Crippen LogP contribution in [0.5, 0.6) is 5.75 Å². The van der Waals surface area contributed by atoms with E-state index in [1.807, 2.05) is 36.3 Å². The summed E-state index contributed by atoms with van der Waals surface area (Å²) in [6, 6.07) is 4.31. The molecule has 1 aromatic carbocycles. The summed E-state index contributed by atoms with van der Waals surface area (Å²) < 4.78 is 45.7. The van der Waals surface area contributed by atoms with Gasteiger partial charge in [0.05, 0.1) is 23.8 Å². The Balaban J connectivity index is 1.32. The Hall–Kier alpha value is -4.63. The van der Waals surface area contributed by atoms with Crippen LogP contribution in [0.4, 0.5) is 5.13 Å². The van der Waals surface area contributed by atoms with Gasteiger partial charge in [-0.2, -0.15) is 18.2 Å². The quantitative estimate of drug-likeness (QED) is 0.0507. The van der Waals surface area contributed by atoms with Gasteiger partial charge in [-0.15, -0.1) is 20.3 Å². The minimum absolute atomic E-state index is 0.0672. The molecule has 20 heteroatoms. The second kappa shape index (κ2) is 13.5. The first-order chi connectivity index (χ1) is 22.6. The number of carbonyl (C=O) groups is 3. The lowest BCUT2D eigenvalue weighted by Crippen LogP contribution is -2.76. The van der Waals surface area contributed by atoms with Gasteiger partial charge in [-0.1, -0.05) is 11.2 Å². The first-order valence-electron chi connectivity index (χ1n) is 14.6. The van der Waals surface area contributed by atoms with E-state index in [4.69, 9.17) is 25.6 Å². The number of nitrogens with two attached hydrogens (primary N) is 2. The van der Waals surface area contributed by atoms with Crippen molar-refractivity contribution in [3.63, 3.8) is 0 Å². The Bertz CT molecular complexity index is 1870.